The van der Waals surface area contributed by atoms with Crippen LogP contribution in [-0.4, -0.2) is 41.8 Å². The zero-order valence-corrected chi connectivity index (χ0v) is 14.1. The summed E-state index contributed by atoms with van der Waals surface area (Å²) in [4.78, 5) is 14.1. The van der Waals surface area contributed by atoms with Crippen LogP contribution in [0.4, 0.5) is 4.79 Å². The minimum absolute atomic E-state index is 0.247. The molecule has 0 radical (unpaired) electrons. The second-order valence-corrected chi connectivity index (χ2v) is 7.84. The lowest BCUT2D eigenvalue weighted by Crippen LogP contribution is -2.47. The Morgan fingerprint density at radius 3 is 2.45 bits per heavy atom. The molecule has 0 spiro atoms. The highest BCUT2D eigenvalue weighted by atomic mass is 16.6. The number of rotatable bonds is 3. The van der Waals surface area contributed by atoms with Crippen LogP contribution in [0.3, 0.4) is 0 Å². The van der Waals surface area contributed by atoms with Crippen molar-refractivity contribution in [1.29, 1.82) is 0 Å². The molecule has 1 saturated heterocycles. The van der Waals surface area contributed by atoms with Gasteiger partial charge in [-0.2, -0.15) is 0 Å². The van der Waals surface area contributed by atoms with Crippen LogP contribution >= 0.6 is 0 Å². The third kappa shape index (κ3) is 6.60. The molecule has 0 aromatic rings. The summed E-state index contributed by atoms with van der Waals surface area (Å²) in [7, 11) is 0. The Morgan fingerprint density at radius 1 is 1.25 bits per heavy atom. The van der Waals surface area contributed by atoms with Gasteiger partial charge in [-0.25, -0.2) is 4.79 Å². The van der Waals surface area contributed by atoms with Gasteiger partial charge in [-0.1, -0.05) is 0 Å². The molecular weight excluding hydrogens is 252 g/mol. The molecule has 118 valence electrons. The van der Waals surface area contributed by atoms with Gasteiger partial charge in [0, 0.05) is 18.6 Å². The maximum Gasteiger partial charge on any atom is 0.407 e. The number of nitrogens with zero attached hydrogens (tertiary/aromatic N) is 1. The molecule has 1 rings (SSSR count). The molecule has 0 bridgehead atoms. The van der Waals surface area contributed by atoms with E-state index in [9.17, 15) is 4.79 Å². The average molecular weight is 284 g/mol. The monoisotopic (exact) mass is 284 g/mol. The van der Waals surface area contributed by atoms with E-state index in [0.29, 0.717) is 12.5 Å². The summed E-state index contributed by atoms with van der Waals surface area (Å²) in [6, 6.07) is 0. The van der Waals surface area contributed by atoms with Crippen LogP contribution in [0.15, 0.2) is 0 Å². The first-order valence-corrected chi connectivity index (χ1v) is 7.80. The SMILES string of the molecule is CC(C)(C)OC(=O)NCCC1CCCN(C(C)(C)C)C1. The standard InChI is InChI=1S/C16H32N2O2/c1-15(2,3)18-11-7-8-13(12-18)9-10-17-14(19)20-16(4,5)6/h13H,7-12H2,1-6H3,(H,17,19). The van der Waals surface area contributed by atoms with Crippen molar-refractivity contribution in [1.82, 2.24) is 10.2 Å². The van der Waals surface area contributed by atoms with E-state index in [0.717, 1.165) is 13.0 Å². The zero-order valence-electron chi connectivity index (χ0n) is 14.1. The summed E-state index contributed by atoms with van der Waals surface area (Å²) in [6.45, 7) is 15.5. The van der Waals surface area contributed by atoms with E-state index in [1.807, 2.05) is 20.8 Å². The fourth-order valence-corrected chi connectivity index (χ4v) is 2.60. The highest BCUT2D eigenvalue weighted by Gasteiger charge is 2.27. The molecule has 0 aromatic heterocycles. The highest BCUT2D eigenvalue weighted by Crippen LogP contribution is 2.25. The third-order valence-corrected chi connectivity index (χ3v) is 3.69. The van der Waals surface area contributed by atoms with E-state index < -0.39 is 5.60 Å². The number of carbonyl (C=O) groups is 1. The lowest BCUT2D eigenvalue weighted by Gasteiger charge is -2.41. The van der Waals surface area contributed by atoms with E-state index in [1.54, 1.807) is 0 Å². The van der Waals surface area contributed by atoms with Crippen LogP contribution in [0.25, 0.3) is 0 Å². The predicted molar refractivity (Wildman–Crippen MR) is 82.9 cm³/mol. The molecular formula is C16H32N2O2. The normalized spacial score (nSPS) is 21.6. The first kappa shape index (κ1) is 17.3. The molecule has 1 aliphatic heterocycles. The molecule has 20 heavy (non-hydrogen) atoms. The molecule has 1 amide bonds. The topological polar surface area (TPSA) is 41.6 Å². The number of hydrogen-bond donors (Lipinski definition) is 1. The Morgan fingerprint density at radius 2 is 1.90 bits per heavy atom. The predicted octanol–water partition coefficient (Wildman–Crippen LogP) is 3.41. The molecule has 1 aliphatic rings. The van der Waals surface area contributed by atoms with Crippen molar-refractivity contribution < 1.29 is 9.53 Å². The Kier molecular flexibility index (Phi) is 5.87. The summed E-state index contributed by atoms with van der Waals surface area (Å²) in [5.74, 6) is 0.679. The summed E-state index contributed by atoms with van der Waals surface area (Å²) >= 11 is 0. The second kappa shape index (κ2) is 6.79. The summed E-state index contributed by atoms with van der Waals surface area (Å²) in [6.07, 6.45) is 3.25. The molecule has 1 heterocycles. The summed E-state index contributed by atoms with van der Waals surface area (Å²) in [5, 5.41) is 2.86. The van der Waals surface area contributed by atoms with E-state index in [1.165, 1.54) is 19.4 Å². The van der Waals surface area contributed by atoms with Gasteiger partial charge < -0.3 is 10.1 Å². The van der Waals surface area contributed by atoms with E-state index in [4.69, 9.17) is 4.74 Å². The number of hydrogen-bond acceptors (Lipinski definition) is 3. The number of carbonyl (C=O) groups excluding carboxylic acids is 1. The Labute approximate surface area is 124 Å². The molecule has 0 aliphatic carbocycles. The number of likely N-dealkylation sites (tertiary alicyclic amines) is 1. The van der Waals surface area contributed by atoms with Gasteiger partial charge in [-0.3, -0.25) is 4.90 Å². The molecule has 1 N–H and O–H groups in total. The molecule has 4 nitrogen and oxygen atoms in total. The second-order valence-electron chi connectivity index (χ2n) is 7.84. The van der Waals surface area contributed by atoms with Crippen LogP contribution in [0, 0.1) is 5.92 Å². The Balaban J connectivity index is 2.27. The molecule has 1 unspecified atom stereocenters. The van der Waals surface area contributed by atoms with Crippen molar-refractivity contribution in [2.75, 3.05) is 19.6 Å². The fourth-order valence-electron chi connectivity index (χ4n) is 2.60. The zero-order chi connectivity index (χ0) is 15.4. The van der Waals surface area contributed by atoms with E-state index in [2.05, 4.69) is 31.0 Å². The van der Waals surface area contributed by atoms with Crippen LogP contribution in [-0.2, 0) is 4.74 Å². The number of ether oxygens (including phenoxy) is 1. The minimum atomic E-state index is -0.419. The lowest BCUT2D eigenvalue weighted by molar-refractivity contribution is 0.0508. The maximum atomic E-state index is 11.6. The van der Waals surface area contributed by atoms with Crippen molar-refractivity contribution >= 4 is 6.09 Å². The molecule has 1 fully saturated rings. The van der Waals surface area contributed by atoms with Gasteiger partial charge in [0.05, 0.1) is 0 Å². The van der Waals surface area contributed by atoms with Gasteiger partial charge in [-0.15, -0.1) is 0 Å². The van der Waals surface area contributed by atoms with Gasteiger partial charge >= 0.3 is 6.09 Å². The molecule has 4 heteroatoms. The molecule has 0 saturated carbocycles. The van der Waals surface area contributed by atoms with Crippen molar-refractivity contribution in [3.63, 3.8) is 0 Å². The van der Waals surface area contributed by atoms with Crippen LogP contribution in [0.5, 0.6) is 0 Å². The van der Waals surface area contributed by atoms with Crippen LogP contribution in [0.1, 0.15) is 60.8 Å². The number of alkyl carbamates (subject to hydrolysis) is 1. The van der Waals surface area contributed by atoms with Crippen molar-refractivity contribution in [2.45, 2.75) is 71.9 Å². The fraction of sp³-hybridized carbons (Fsp3) is 0.938. The first-order valence-electron chi connectivity index (χ1n) is 7.80. The minimum Gasteiger partial charge on any atom is -0.444 e. The van der Waals surface area contributed by atoms with Crippen molar-refractivity contribution in [3.8, 4) is 0 Å². The maximum absolute atomic E-state index is 11.6. The Bertz CT molecular complexity index is 315. The van der Waals surface area contributed by atoms with Gasteiger partial charge in [0.25, 0.3) is 0 Å². The van der Waals surface area contributed by atoms with E-state index >= 15 is 0 Å². The van der Waals surface area contributed by atoms with Gasteiger partial charge in [0.2, 0.25) is 0 Å². The van der Waals surface area contributed by atoms with Crippen LogP contribution < -0.4 is 5.32 Å². The summed E-state index contributed by atoms with van der Waals surface area (Å²) in [5.41, 5.74) is -0.171. The van der Waals surface area contributed by atoms with Crippen LogP contribution in [0.2, 0.25) is 0 Å². The molecule has 1 atom stereocenters. The molecule has 0 aromatic carbocycles. The smallest absolute Gasteiger partial charge is 0.407 e. The largest absolute Gasteiger partial charge is 0.444 e. The quantitative estimate of drug-likeness (QED) is 0.863. The third-order valence-electron chi connectivity index (χ3n) is 3.69. The van der Waals surface area contributed by atoms with Gasteiger partial charge in [0.15, 0.2) is 0 Å². The van der Waals surface area contributed by atoms with Gasteiger partial charge in [0.1, 0.15) is 5.60 Å². The van der Waals surface area contributed by atoms with Gasteiger partial charge in [-0.05, 0) is 73.3 Å². The van der Waals surface area contributed by atoms with Crippen molar-refractivity contribution in [2.24, 2.45) is 5.92 Å². The first-order chi connectivity index (χ1) is 9.08. The van der Waals surface area contributed by atoms with Crippen molar-refractivity contribution in [3.05, 3.63) is 0 Å². The average Bonchev–Trinajstić information content (AvgIpc) is 2.25. The van der Waals surface area contributed by atoms with E-state index in [-0.39, 0.29) is 11.6 Å². The highest BCUT2D eigenvalue weighted by molar-refractivity contribution is 5.67. The summed E-state index contributed by atoms with van der Waals surface area (Å²) < 4.78 is 5.24. The Hall–Kier alpha value is -0.770. The number of nitrogens with one attached hydrogen (secondary N) is 1. The lowest BCUT2D eigenvalue weighted by atomic mass is 9.91. The number of piperidine rings is 1. The number of amides is 1.